The Labute approximate surface area is 77.7 Å². The number of carbonyl (C=O) groups excluding carboxylic acids is 1. The number of nitrogens with two attached hydrogens (primary N) is 1. The van der Waals surface area contributed by atoms with Crippen LogP contribution in [0.25, 0.3) is 0 Å². The van der Waals surface area contributed by atoms with E-state index in [1.165, 1.54) is 12.3 Å². The molecule has 76 valence electrons. The third-order valence-corrected chi connectivity index (χ3v) is 1.67. The first-order chi connectivity index (χ1) is 6.46. The maximum atomic E-state index is 12.2. The molecule has 1 aromatic rings. The van der Waals surface area contributed by atoms with Gasteiger partial charge in [0.25, 0.3) is 0 Å². The van der Waals surface area contributed by atoms with Crippen molar-refractivity contribution in [1.82, 2.24) is 4.98 Å². The first-order valence-electron chi connectivity index (χ1n) is 3.69. The van der Waals surface area contributed by atoms with E-state index >= 15 is 0 Å². The van der Waals surface area contributed by atoms with Crippen molar-refractivity contribution in [3.05, 3.63) is 29.6 Å². The van der Waals surface area contributed by atoms with Crippen LogP contribution in [0.5, 0.6) is 0 Å². The fourth-order valence-electron chi connectivity index (χ4n) is 0.968. The van der Waals surface area contributed by atoms with Crippen molar-refractivity contribution in [2.45, 2.75) is 12.2 Å². The van der Waals surface area contributed by atoms with Gasteiger partial charge in [-0.15, -0.1) is 0 Å². The van der Waals surface area contributed by atoms with Crippen LogP contribution in [0.2, 0.25) is 0 Å². The van der Waals surface area contributed by atoms with Gasteiger partial charge in [0.1, 0.15) is 11.7 Å². The highest BCUT2D eigenvalue weighted by Crippen LogP contribution is 2.30. The monoisotopic (exact) mass is 204 g/mol. The number of rotatable bonds is 2. The third-order valence-electron chi connectivity index (χ3n) is 1.67. The zero-order valence-electron chi connectivity index (χ0n) is 6.95. The highest BCUT2D eigenvalue weighted by atomic mass is 19.4. The average Bonchev–Trinajstić information content (AvgIpc) is 2.15. The van der Waals surface area contributed by atoms with E-state index in [1.54, 1.807) is 0 Å². The van der Waals surface area contributed by atoms with Gasteiger partial charge in [-0.05, 0) is 6.07 Å². The minimum Gasteiger partial charge on any atom is -0.316 e. The number of pyridine rings is 1. The molecule has 0 aromatic carbocycles. The van der Waals surface area contributed by atoms with Crippen LogP contribution in [0.15, 0.2) is 18.3 Å². The lowest BCUT2D eigenvalue weighted by Crippen LogP contribution is -2.29. The van der Waals surface area contributed by atoms with E-state index in [2.05, 4.69) is 4.98 Å². The van der Waals surface area contributed by atoms with Crippen LogP contribution >= 0.6 is 0 Å². The van der Waals surface area contributed by atoms with Gasteiger partial charge >= 0.3 is 6.18 Å². The van der Waals surface area contributed by atoms with E-state index in [4.69, 9.17) is 5.73 Å². The maximum absolute atomic E-state index is 12.2. The molecule has 1 rings (SSSR count). The summed E-state index contributed by atoms with van der Waals surface area (Å²) in [6.45, 7) is 0. The molecule has 0 aliphatic heterocycles. The Morgan fingerprint density at radius 2 is 2.14 bits per heavy atom. The number of nitrogens with zero attached hydrogens (tertiary/aromatic N) is 1. The Hall–Kier alpha value is -1.43. The van der Waals surface area contributed by atoms with E-state index in [-0.39, 0.29) is 17.5 Å². The fourth-order valence-corrected chi connectivity index (χ4v) is 0.968. The second-order valence-electron chi connectivity index (χ2n) is 2.62. The largest absolute Gasteiger partial charge is 0.407 e. The topological polar surface area (TPSA) is 56.0 Å². The highest BCUT2D eigenvalue weighted by Gasteiger charge is 2.39. The average molecular weight is 204 g/mol. The Bertz CT molecular complexity index is 338. The standard InChI is InChI=1S/C8H7F3N2O/c9-8(10,11)7(12)5-2-1-3-13-6(5)4-14/h1-4,7H,12H2/t7-/m1/s1. The van der Waals surface area contributed by atoms with Gasteiger partial charge in [-0.1, -0.05) is 6.07 Å². The molecule has 1 heterocycles. The van der Waals surface area contributed by atoms with Crippen molar-refractivity contribution in [3.63, 3.8) is 0 Å². The Morgan fingerprint density at radius 1 is 1.50 bits per heavy atom. The summed E-state index contributed by atoms with van der Waals surface area (Å²) in [5.74, 6) is 0. The molecule has 0 saturated carbocycles. The molecule has 1 aromatic heterocycles. The lowest BCUT2D eigenvalue weighted by atomic mass is 10.1. The summed E-state index contributed by atoms with van der Waals surface area (Å²) in [6, 6.07) is 0.263. The molecule has 2 N–H and O–H groups in total. The fraction of sp³-hybridized carbons (Fsp3) is 0.250. The van der Waals surface area contributed by atoms with Crippen molar-refractivity contribution in [1.29, 1.82) is 0 Å². The van der Waals surface area contributed by atoms with Gasteiger partial charge in [-0.2, -0.15) is 13.2 Å². The second kappa shape index (κ2) is 3.75. The summed E-state index contributed by atoms with van der Waals surface area (Å²) >= 11 is 0. The third kappa shape index (κ3) is 2.08. The number of aldehydes is 1. The molecule has 1 atom stereocenters. The number of alkyl halides is 3. The van der Waals surface area contributed by atoms with Gasteiger partial charge in [0.05, 0.1) is 0 Å². The smallest absolute Gasteiger partial charge is 0.316 e. The number of carbonyl (C=O) groups is 1. The Balaban J connectivity index is 3.12. The second-order valence-corrected chi connectivity index (χ2v) is 2.62. The maximum Gasteiger partial charge on any atom is 0.407 e. The lowest BCUT2D eigenvalue weighted by molar-refractivity contribution is -0.149. The minimum atomic E-state index is -4.57. The lowest BCUT2D eigenvalue weighted by Gasteiger charge is -2.16. The molecule has 0 fully saturated rings. The summed E-state index contributed by atoms with van der Waals surface area (Å²) in [6.07, 6.45) is -3.09. The van der Waals surface area contributed by atoms with Gasteiger partial charge in [-0.3, -0.25) is 9.78 Å². The van der Waals surface area contributed by atoms with Crippen LogP contribution in [-0.2, 0) is 0 Å². The first-order valence-corrected chi connectivity index (χ1v) is 3.69. The van der Waals surface area contributed by atoms with Crippen molar-refractivity contribution >= 4 is 6.29 Å². The van der Waals surface area contributed by atoms with Crippen molar-refractivity contribution in [2.24, 2.45) is 5.73 Å². The van der Waals surface area contributed by atoms with Crippen LogP contribution in [0.4, 0.5) is 13.2 Å². The van der Waals surface area contributed by atoms with Crippen LogP contribution in [-0.4, -0.2) is 17.4 Å². The molecule has 0 unspecified atom stereocenters. The van der Waals surface area contributed by atoms with E-state index in [0.717, 1.165) is 6.07 Å². The van der Waals surface area contributed by atoms with Gasteiger partial charge in [0, 0.05) is 11.8 Å². The number of hydrogen-bond acceptors (Lipinski definition) is 3. The summed E-state index contributed by atoms with van der Waals surface area (Å²) in [4.78, 5) is 13.9. The van der Waals surface area contributed by atoms with E-state index < -0.39 is 12.2 Å². The van der Waals surface area contributed by atoms with E-state index in [1.807, 2.05) is 0 Å². The first kappa shape index (κ1) is 10.6. The Morgan fingerprint density at radius 3 is 2.64 bits per heavy atom. The Kier molecular flexibility index (Phi) is 2.85. The highest BCUT2D eigenvalue weighted by molar-refractivity contribution is 5.74. The summed E-state index contributed by atoms with van der Waals surface area (Å²) in [5, 5.41) is 0. The molecule has 0 aliphatic carbocycles. The molecule has 0 amide bonds. The summed E-state index contributed by atoms with van der Waals surface area (Å²) in [5.41, 5.74) is 4.33. The molecule has 0 aliphatic rings. The predicted octanol–water partition coefficient (Wildman–Crippen LogP) is 1.46. The quantitative estimate of drug-likeness (QED) is 0.742. The van der Waals surface area contributed by atoms with E-state index in [0.29, 0.717) is 0 Å². The zero-order chi connectivity index (χ0) is 10.8. The van der Waals surface area contributed by atoms with Crippen LogP contribution in [0, 0.1) is 0 Å². The van der Waals surface area contributed by atoms with Crippen LogP contribution in [0.3, 0.4) is 0 Å². The molecule has 0 spiro atoms. The molecule has 6 heteroatoms. The molecule has 0 saturated heterocycles. The molecular weight excluding hydrogens is 197 g/mol. The van der Waals surface area contributed by atoms with Gasteiger partial charge in [0.2, 0.25) is 0 Å². The zero-order valence-corrected chi connectivity index (χ0v) is 6.95. The van der Waals surface area contributed by atoms with Crippen molar-refractivity contribution in [2.75, 3.05) is 0 Å². The number of hydrogen-bond donors (Lipinski definition) is 1. The molecule has 3 nitrogen and oxygen atoms in total. The normalized spacial score (nSPS) is 13.7. The van der Waals surface area contributed by atoms with Crippen molar-refractivity contribution < 1.29 is 18.0 Å². The summed E-state index contributed by atoms with van der Waals surface area (Å²) < 4.78 is 36.5. The van der Waals surface area contributed by atoms with Gasteiger partial charge < -0.3 is 5.73 Å². The van der Waals surface area contributed by atoms with Crippen molar-refractivity contribution in [3.8, 4) is 0 Å². The minimum absolute atomic E-state index is 0.251. The molecule has 0 radical (unpaired) electrons. The number of aromatic nitrogens is 1. The SMILES string of the molecule is N[C@H](c1cccnc1C=O)C(F)(F)F. The predicted molar refractivity (Wildman–Crippen MR) is 42.6 cm³/mol. The number of halogens is 3. The summed E-state index contributed by atoms with van der Waals surface area (Å²) in [7, 11) is 0. The molecule has 0 bridgehead atoms. The van der Waals surface area contributed by atoms with Crippen LogP contribution in [0.1, 0.15) is 22.1 Å². The molecule has 14 heavy (non-hydrogen) atoms. The van der Waals surface area contributed by atoms with Gasteiger partial charge in [-0.25, -0.2) is 0 Å². The molecular formula is C8H7F3N2O. The van der Waals surface area contributed by atoms with E-state index in [9.17, 15) is 18.0 Å². The van der Waals surface area contributed by atoms with Crippen LogP contribution < -0.4 is 5.73 Å². The van der Waals surface area contributed by atoms with Gasteiger partial charge in [0.15, 0.2) is 6.29 Å².